The van der Waals surface area contributed by atoms with E-state index in [4.69, 9.17) is 5.73 Å². The summed E-state index contributed by atoms with van der Waals surface area (Å²) < 4.78 is 25.7. The number of sulfonamides is 1. The third-order valence-electron chi connectivity index (χ3n) is 2.14. The number of nitrogen functional groups attached to an aromatic ring is 1. The second kappa shape index (κ2) is 6.36. The maximum atomic E-state index is 11.7. The molecule has 18 heavy (non-hydrogen) atoms. The summed E-state index contributed by atoms with van der Waals surface area (Å²) in [5.41, 5.74) is 5.41. The normalized spacial score (nSPS) is 11.4. The molecule has 1 amide bonds. The zero-order chi connectivity index (χ0) is 13.6. The van der Waals surface area contributed by atoms with Crippen molar-refractivity contribution in [1.29, 1.82) is 0 Å². The highest BCUT2D eigenvalue weighted by atomic mass is 32.2. The lowest BCUT2D eigenvalue weighted by Gasteiger charge is -2.06. The maximum absolute atomic E-state index is 11.7. The monoisotopic (exact) mass is 275 g/mol. The van der Waals surface area contributed by atoms with Gasteiger partial charge >= 0.3 is 0 Å². The summed E-state index contributed by atoms with van der Waals surface area (Å²) >= 11 is 0. The first-order valence-corrected chi connectivity index (χ1v) is 7.01. The predicted octanol–water partition coefficient (Wildman–Crippen LogP) is -0.813. The van der Waals surface area contributed by atoms with Crippen molar-refractivity contribution in [2.24, 2.45) is 0 Å². The lowest BCUT2D eigenvalue weighted by Crippen LogP contribution is -2.31. The van der Waals surface area contributed by atoms with Gasteiger partial charge in [-0.15, -0.1) is 0 Å². The summed E-state index contributed by atoms with van der Waals surface area (Å²) in [6.07, 6.45) is 2.04. The molecule has 0 radical (unpaired) electrons. The molecule has 0 atom stereocenters. The van der Waals surface area contributed by atoms with Crippen molar-refractivity contribution < 1.29 is 13.2 Å². The third-order valence-corrected chi connectivity index (χ3v) is 3.63. The Morgan fingerprint density at radius 2 is 2.22 bits per heavy atom. The lowest BCUT2D eigenvalue weighted by molar-refractivity contribution is -0.120. The van der Waals surface area contributed by atoms with Crippen LogP contribution in [0.4, 0.5) is 5.82 Å². The molecule has 1 heterocycles. The highest BCUT2D eigenvalue weighted by molar-refractivity contribution is 7.89. The molecule has 0 unspecified atom stereocenters. The van der Waals surface area contributed by atoms with Crippen LogP contribution in [0, 0.1) is 0 Å². The van der Waals surface area contributed by atoms with Gasteiger partial charge in [0.15, 0.2) is 0 Å². The molecule has 1 aromatic heterocycles. The molecule has 9 heteroatoms. The van der Waals surface area contributed by atoms with E-state index in [1.807, 2.05) is 6.92 Å². The second-order valence-corrected chi connectivity index (χ2v) is 5.38. The average Bonchev–Trinajstić information content (AvgIpc) is 2.73. The number of amides is 1. The molecule has 0 aliphatic rings. The van der Waals surface area contributed by atoms with Gasteiger partial charge in [-0.05, 0) is 6.42 Å². The van der Waals surface area contributed by atoms with Gasteiger partial charge < -0.3 is 11.1 Å². The van der Waals surface area contributed by atoms with Crippen molar-refractivity contribution >= 4 is 21.7 Å². The molecule has 0 saturated carbocycles. The van der Waals surface area contributed by atoms with Crippen molar-refractivity contribution in [1.82, 2.24) is 20.2 Å². The van der Waals surface area contributed by atoms with E-state index in [0.29, 0.717) is 6.54 Å². The van der Waals surface area contributed by atoms with E-state index in [1.54, 1.807) is 0 Å². The quantitative estimate of drug-likeness (QED) is 0.517. The number of nitrogens with two attached hydrogens (primary N) is 1. The standard InChI is InChI=1S/C9H17N5O3S/c1-2-4-11-8(15)3-5-13-18(16,17)7-6-12-14-9(7)10/h6,13H,2-5H2,1H3,(H,11,15)(H3,10,12,14). The Hall–Kier alpha value is -1.61. The molecule has 1 aromatic rings. The van der Waals surface area contributed by atoms with Gasteiger partial charge in [-0.25, -0.2) is 13.1 Å². The fourth-order valence-corrected chi connectivity index (χ4v) is 2.28. The Morgan fingerprint density at radius 1 is 1.50 bits per heavy atom. The van der Waals surface area contributed by atoms with E-state index in [2.05, 4.69) is 20.2 Å². The van der Waals surface area contributed by atoms with E-state index in [0.717, 1.165) is 12.6 Å². The highest BCUT2D eigenvalue weighted by Gasteiger charge is 2.18. The molecular weight excluding hydrogens is 258 g/mol. The van der Waals surface area contributed by atoms with E-state index in [-0.39, 0.29) is 29.6 Å². The first kappa shape index (κ1) is 14.5. The summed E-state index contributed by atoms with van der Waals surface area (Å²) in [4.78, 5) is 11.1. The van der Waals surface area contributed by atoms with Gasteiger partial charge in [0.2, 0.25) is 15.9 Å². The van der Waals surface area contributed by atoms with Gasteiger partial charge in [0.25, 0.3) is 0 Å². The van der Waals surface area contributed by atoms with Crippen LogP contribution in [0.15, 0.2) is 11.1 Å². The topological polar surface area (TPSA) is 130 Å². The molecule has 1 rings (SSSR count). The lowest BCUT2D eigenvalue weighted by atomic mass is 10.4. The minimum absolute atomic E-state index is 0.0164. The minimum Gasteiger partial charge on any atom is -0.383 e. The Morgan fingerprint density at radius 3 is 2.78 bits per heavy atom. The summed E-state index contributed by atoms with van der Waals surface area (Å²) in [5, 5.41) is 8.50. The van der Waals surface area contributed by atoms with Crippen LogP contribution in [-0.4, -0.2) is 37.6 Å². The third kappa shape index (κ3) is 4.00. The number of hydrogen-bond donors (Lipinski definition) is 4. The first-order valence-electron chi connectivity index (χ1n) is 5.52. The highest BCUT2D eigenvalue weighted by Crippen LogP contribution is 2.13. The number of aromatic nitrogens is 2. The summed E-state index contributed by atoms with van der Waals surface area (Å²) in [6.45, 7) is 2.54. The number of carbonyl (C=O) groups excluding carboxylic acids is 1. The first-order chi connectivity index (χ1) is 8.47. The van der Waals surface area contributed by atoms with E-state index < -0.39 is 10.0 Å². The number of hydrogen-bond acceptors (Lipinski definition) is 5. The summed E-state index contributed by atoms with van der Waals surface area (Å²) in [5.74, 6) is -0.224. The fourth-order valence-electron chi connectivity index (χ4n) is 1.23. The minimum atomic E-state index is -3.71. The van der Waals surface area contributed by atoms with E-state index >= 15 is 0 Å². The number of anilines is 1. The SMILES string of the molecule is CCCNC(=O)CCNS(=O)(=O)c1cn[nH]c1N. The average molecular weight is 275 g/mol. The van der Waals surface area contributed by atoms with Gasteiger partial charge in [-0.2, -0.15) is 5.10 Å². The second-order valence-electron chi connectivity index (χ2n) is 3.65. The molecule has 102 valence electrons. The molecule has 0 saturated heterocycles. The Balaban J connectivity index is 2.44. The fraction of sp³-hybridized carbons (Fsp3) is 0.556. The van der Waals surface area contributed by atoms with Crippen molar-refractivity contribution in [2.45, 2.75) is 24.7 Å². The number of H-pyrrole nitrogens is 1. The van der Waals surface area contributed by atoms with Gasteiger partial charge in [-0.3, -0.25) is 9.89 Å². The smallest absolute Gasteiger partial charge is 0.245 e. The van der Waals surface area contributed by atoms with Crippen molar-refractivity contribution in [3.05, 3.63) is 6.20 Å². The largest absolute Gasteiger partial charge is 0.383 e. The van der Waals surface area contributed by atoms with Gasteiger partial charge in [0.1, 0.15) is 10.7 Å². The van der Waals surface area contributed by atoms with Crippen LogP contribution in [0.3, 0.4) is 0 Å². The molecule has 8 nitrogen and oxygen atoms in total. The van der Waals surface area contributed by atoms with Crippen LogP contribution in [-0.2, 0) is 14.8 Å². The molecule has 0 aliphatic carbocycles. The van der Waals surface area contributed by atoms with Crippen LogP contribution in [0.2, 0.25) is 0 Å². The molecule has 0 bridgehead atoms. The molecule has 5 N–H and O–H groups in total. The summed E-state index contributed by atoms with van der Waals surface area (Å²) in [6, 6.07) is 0. The van der Waals surface area contributed by atoms with Crippen LogP contribution in [0.5, 0.6) is 0 Å². The van der Waals surface area contributed by atoms with E-state index in [9.17, 15) is 13.2 Å². The van der Waals surface area contributed by atoms with Crippen LogP contribution < -0.4 is 15.8 Å². The number of rotatable bonds is 7. The maximum Gasteiger partial charge on any atom is 0.245 e. The Bertz CT molecular complexity index is 496. The number of nitrogens with one attached hydrogen (secondary N) is 3. The van der Waals surface area contributed by atoms with E-state index in [1.165, 1.54) is 0 Å². The Kier molecular flexibility index (Phi) is 5.10. The van der Waals surface area contributed by atoms with Gasteiger partial charge in [-0.1, -0.05) is 6.92 Å². The van der Waals surface area contributed by atoms with Crippen LogP contribution in [0.1, 0.15) is 19.8 Å². The van der Waals surface area contributed by atoms with Gasteiger partial charge in [0.05, 0.1) is 6.20 Å². The molecule has 0 spiro atoms. The molecular formula is C9H17N5O3S. The predicted molar refractivity (Wildman–Crippen MR) is 66.1 cm³/mol. The van der Waals surface area contributed by atoms with Crippen molar-refractivity contribution in [3.63, 3.8) is 0 Å². The van der Waals surface area contributed by atoms with Crippen LogP contribution in [0.25, 0.3) is 0 Å². The van der Waals surface area contributed by atoms with Crippen molar-refractivity contribution in [2.75, 3.05) is 18.8 Å². The molecule has 0 fully saturated rings. The zero-order valence-corrected chi connectivity index (χ0v) is 10.9. The number of carbonyl (C=O) groups is 1. The van der Waals surface area contributed by atoms with Crippen LogP contribution >= 0.6 is 0 Å². The molecule has 0 aliphatic heterocycles. The van der Waals surface area contributed by atoms with Crippen molar-refractivity contribution in [3.8, 4) is 0 Å². The van der Waals surface area contributed by atoms with Gasteiger partial charge in [0, 0.05) is 19.5 Å². The number of aromatic amines is 1. The number of nitrogens with zero attached hydrogens (tertiary/aromatic N) is 1. The zero-order valence-electron chi connectivity index (χ0n) is 10.1. The molecule has 0 aromatic carbocycles. The Labute approximate surface area is 105 Å². The summed E-state index contributed by atoms with van der Waals surface area (Å²) in [7, 11) is -3.71.